The molecule has 1 aromatic heterocycles. The third-order valence-electron chi connectivity index (χ3n) is 3.08. The average molecular weight is 252 g/mol. The summed E-state index contributed by atoms with van der Waals surface area (Å²) in [6.45, 7) is 7.61. The number of rotatable bonds is 7. The Labute approximate surface area is 109 Å². The van der Waals surface area contributed by atoms with Crippen LogP contribution in [0, 0.1) is 5.92 Å². The van der Waals surface area contributed by atoms with Gasteiger partial charge in [-0.1, -0.05) is 20.3 Å². The average Bonchev–Trinajstić information content (AvgIpc) is 2.77. The Morgan fingerprint density at radius 1 is 1.56 bits per heavy atom. The van der Waals surface area contributed by atoms with E-state index in [0.29, 0.717) is 24.7 Å². The SMILES string of the molecule is CCC(C)CC(C)NC(=O)c1cn(CCN)cn1. The number of amides is 1. The molecule has 5 nitrogen and oxygen atoms in total. The first-order valence-electron chi connectivity index (χ1n) is 6.59. The fraction of sp³-hybridized carbons (Fsp3) is 0.692. The lowest BCUT2D eigenvalue weighted by Crippen LogP contribution is -2.33. The van der Waals surface area contributed by atoms with Gasteiger partial charge in [-0.3, -0.25) is 4.79 Å². The Balaban J connectivity index is 2.48. The minimum atomic E-state index is -0.110. The van der Waals surface area contributed by atoms with Gasteiger partial charge in [0.1, 0.15) is 5.69 Å². The van der Waals surface area contributed by atoms with E-state index >= 15 is 0 Å². The molecule has 102 valence electrons. The van der Waals surface area contributed by atoms with Crippen molar-refractivity contribution in [2.75, 3.05) is 6.54 Å². The van der Waals surface area contributed by atoms with E-state index in [-0.39, 0.29) is 11.9 Å². The highest BCUT2D eigenvalue weighted by molar-refractivity contribution is 5.92. The molecule has 0 radical (unpaired) electrons. The number of nitrogens with one attached hydrogen (secondary N) is 1. The highest BCUT2D eigenvalue weighted by Crippen LogP contribution is 2.09. The molecule has 5 heteroatoms. The van der Waals surface area contributed by atoms with Crippen LogP contribution in [0.1, 0.15) is 44.1 Å². The summed E-state index contributed by atoms with van der Waals surface area (Å²) in [5.74, 6) is 0.511. The van der Waals surface area contributed by atoms with Crippen molar-refractivity contribution in [1.82, 2.24) is 14.9 Å². The number of hydrogen-bond acceptors (Lipinski definition) is 3. The van der Waals surface area contributed by atoms with Crippen LogP contribution in [-0.2, 0) is 6.54 Å². The van der Waals surface area contributed by atoms with Gasteiger partial charge >= 0.3 is 0 Å². The Morgan fingerprint density at radius 3 is 2.89 bits per heavy atom. The van der Waals surface area contributed by atoms with Crippen molar-refractivity contribution in [1.29, 1.82) is 0 Å². The van der Waals surface area contributed by atoms with Crippen molar-refractivity contribution < 1.29 is 4.79 Å². The normalized spacial score (nSPS) is 14.2. The monoisotopic (exact) mass is 252 g/mol. The summed E-state index contributed by atoms with van der Waals surface area (Å²) in [5, 5.41) is 2.97. The van der Waals surface area contributed by atoms with E-state index in [2.05, 4.69) is 24.1 Å². The molecule has 0 spiro atoms. The number of nitrogens with two attached hydrogens (primary N) is 1. The summed E-state index contributed by atoms with van der Waals surface area (Å²) < 4.78 is 1.83. The van der Waals surface area contributed by atoms with Crippen molar-refractivity contribution in [2.24, 2.45) is 11.7 Å². The molecule has 2 unspecified atom stereocenters. The van der Waals surface area contributed by atoms with Crippen molar-refractivity contribution in [3.05, 3.63) is 18.2 Å². The molecule has 1 rings (SSSR count). The van der Waals surface area contributed by atoms with Crippen LogP contribution in [0.3, 0.4) is 0 Å². The molecule has 0 aliphatic heterocycles. The van der Waals surface area contributed by atoms with Gasteiger partial charge in [0.25, 0.3) is 5.91 Å². The highest BCUT2D eigenvalue weighted by Gasteiger charge is 2.14. The van der Waals surface area contributed by atoms with Crippen LogP contribution >= 0.6 is 0 Å². The second-order valence-electron chi connectivity index (χ2n) is 4.91. The molecule has 0 saturated heterocycles. The zero-order valence-electron chi connectivity index (χ0n) is 11.5. The van der Waals surface area contributed by atoms with Crippen LogP contribution in [-0.4, -0.2) is 28.0 Å². The molecule has 0 aliphatic carbocycles. The number of carbonyl (C=O) groups excluding carboxylic acids is 1. The first-order valence-corrected chi connectivity index (χ1v) is 6.59. The maximum atomic E-state index is 11.9. The van der Waals surface area contributed by atoms with E-state index in [0.717, 1.165) is 12.8 Å². The number of hydrogen-bond donors (Lipinski definition) is 2. The summed E-state index contributed by atoms with van der Waals surface area (Å²) >= 11 is 0. The molecule has 1 aromatic rings. The zero-order valence-corrected chi connectivity index (χ0v) is 11.5. The third kappa shape index (κ3) is 4.49. The van der Waals surface area contributed by atoms with Crippen LogP contribution in [0.2, 0.25) is 0 Å². The van der Waals surface area contributed by atoms with Gasteiger partial charge in [-0.05, 0) is 19.3 Å². The third-order valence-corrected chi connectivity index (χ3v) is 3.08. The molecule has 2 atom stereocenters. The smallest absolute Gasteiger partial charge is 0.271 e. The summed E-state index contributed by atoms with van der Waals surface area (Å²) in [6.07, 6.45) is 5.50. The van der Waals surface area contributed by atoms with Gasteiger partial charge in [-0.25, -0.2) is 4.98 Å². The minimum Gasteiger partial charge on any atom is -0.348 e. The van der Waals surface area contributed by atoms with Gasteiger partial charge in [0.2, 0.25) is 0 Å². The van der Waals surface area contributed by atoms with Gasteiger partial charge < -0.3 is 15.6 Å². The Hall–Kier alpha value is -1.36. The molecule has 0 saturated carbocycles. The molecule has 0 bridgehead atoms. The first-order chi connectivity index (χ1) is 8.56. The highest BCUT2D eigenvalue weighted by atomic mass is 16.1. The van der Waals surface area contributed by atoms with Crippen molar-refractivity contribution in [2.45, 2.75) is 46.2 Å². The zero-order chi connectivity index (χ0) is 13.5. The summed E-state index contributed by atoms with van der Waals surface area (Å²) in [7, 11) is 0. The van der Waals surface area contributed by atoms with Gasteiger partial charge in [-0.15, -0.1) is 0 Å². The van der Waals surface area contributed by atoms with E-state index in [1.165, 1.54) is 0 Å². The minimum absolute atomic E-state index is 0.110. The van der Waals surface area contributed by atoms with Crippen LogP contribution in [0.4, 0.5) is 0 Å². The van der Waals surface area contributed by atoms with Gasteiger partial charge in [0.15, 0.2) is 0 Å². The van der Waals surface area contributed by atoms with Crippen LogP contribution in [0.5, 0.6) is 0 Å². The van der Waals surface area contributed by atoms with Crippen molar-refractivity contribution in [3.8, 4) is 0 Å². The van der Waals surface area contributed by atoms with E-state index in [1.807, 2.05) is 11.5 Å². The topological polar surface area (TPSA) is 72.9 Å². The number of carbonyl (C=O) groups is 1. The van der Waals surface area contributed by atoms with Gasteiger partial charge in [-0.2, -0.15) is 0 Å². The van der Waals surface area contributed by atoms with Gasteiger partial charge in [0.05, 0.1) is 6.33 Å². The fourth-order valence-electron chi connectivity index (χ4n) is 1.88. The van der Waals surface area contributed by atoms with Crippen LogP contribution in [0.25, 0.3) is 0 Å². The van der Waals surface area contributed by atoms with E-state index in [9.17, 15) is 4.79 Å². The molecule has 1 heterocycles. The molecule has 0 aromatic carbocycles. The predicted molar refractivity (Wildman–Crippen MR) is 72.3 cm³/mol. The molecular weight excluding hydrogens is 228 g/mol. The van der Waals surface area contributed by atoms with E-state index in [1.54, 1.807) is 12.5 Å². The molecule has 18 heavy (non-hydrogen) atoms. The fourth-order valence-corrected chi connectivity index (χ4v) is 1.88. The standard InChI is InChI=1S/C13H24N4O/c1-4-10(2)7-11(3)16-13(18)12-8-17(6-5-14)9-15-12/h8-11H,4-7,14H2,1-3H3,(H,16,18). The number of nitrogens with zero attached hydrogens (tertiary/aromatic N) is 2. The second-order valence-corrected chi connectivity index (χ2v) is 4.91. The lowest BCUT2D eigenvalue weighted by Gasteiger charge is -2.16. The Morgan fingerprint density at radius 2 is 2.28 bits per heavy atom. The van der Waals surface area contributed by atoms with Gasteiger partial charge in [0, 0.05) is 25.3 Å². The Kier molecular flexibility index (Phi) is 5.85. The molecule has 3 N–H and O–H groups in total. The summed E-state index contributed by atoms with van der Waals surface area (Å²) in [6, 6.07) is 0.173. The number of imidazole rings is 1. The molecule has 1 amide bonds. The van der Waals surface area contributed by atoms with Crippen LogP contribution < -0.4 is 11.1 Å². The van der Waals surface area contributed by atoms with Crippen molar-refractivity contribution >= 4 is 5.91 Å². The maximum absolute atomic E-state index is 11.9. The maximum Gasteiger partial charge on any atom is 0.271 e. The summed E-state index contributed by atoms with van der Waals surface area (Å²) in [4.78, 5) is 16.0. The molecule has 0 fully saturated rings. The van der Waals surface area contributed by atoms with Crippen LogP contribution in [0.15, 0.2) is 12.5 Å². The van der Waals surface area contributed by atoms with E-state index in [4.69, 9.17) is 5.73 Å². The molecular formula is C13H24N4O. The lowest BCUT2D eigenvalue weighted by atomic mass is 10.0. The largest absolute Gasteiger partial charge is 0.348 e. The predicted octanol–water partition coefficient (Wildman–Crippen LogP) is 1.40. The molecule has 0 aliphatic rings. The quantitative estimate of drug-likeness (QED) is 0.770. The second kappa shape index (κ2) is 7.16. The first kappa shape index (κ1) is 14.7. The summed E-state index contributed by atoms with van der Waals surface area (Å²) in [5.41, 5.74) is 5.91. The Bertz CT molecular complexity index is 375. The van der Waals surface area contributed by atoms with Crippen molar-refractivity contribution in [3.63, 3.8) is 0 Å². The van der Waals surface area contributed by atoms with E-state index < -0.39 is 0 Å². The number of aromatic nitrogens is 2. The lowest BCUT2D eigenvalue weighted by molar-refractivity contribution is 0.0930.